The Morgan fingerprint density at radius 2 is 1.86 bits per heavy atom. The number of pyridine rings is 1. The highest BCUT2D eigenvalue weighted by atomic mass is 35.5. The molecule has 0 spiro atoms. The molecule has 0 bridgehead atoms. The summed E-state index contributed by atoms with van der Waals surface area (Å²) in [6.07, 6.45) is 3.51. The van der Waals surface area contributed by atoms with Crippen LogP contribution in [0.5, 0.6) is 0 Å². The molecule has 0 aromatic carbocycles. The van der Waals surface area contributed by atoms with Crippen molar-refractivity contribution in [2.24, 2.45) is 11.8 Å². The summed E-state index contributed by atoms with van der Waals surface area (Å²) < 4.78 is 5.16. The lowest BCUT2D eigenvalue weighted by Crippen LogP contribution is -2.47. The van der Waals surface area contributed by atoms with Gasteiger partial charge in [0.25, 0.3) is 5.91 Å². The van der Waals surface area contributed by atoms with Gasteiger partial charge in [-0.25, -0.2) is 14.8 Å². The monoisotopic (exact) mass is 678 g/mol. The predicted octanol–water partition coefficient (Wildman–Crippen LogP) is 6.18. The highest BCUT2D eigenvalue weighted by molar-refractivity contribution is 7.21. The van der Waals surface area contributed by atoms with Gasteiger partial charge in [-0.15, -0.1) is 11.3 Å². The molecule has 3 saturated heterocycles. The molecule has 2 N–H and O–H groups in total. The molecule has 3 aromatic heterocycles. The van der Waals surface area contributed by atoms with Crippen LogP contribution in [0.3, 0.4) is 0 Å². The molecule has 0 aliphatic carbocycles. The summed E-state index contributed by atoms with van der Waals surface area (Å²) in [7, 11) is 0. The highest BCUT2D eigenvalue weighted by Crippen LogP contribution is 2.44. The van der Waals surface area contributed by atoms with Gasteiger partial charge in [0.15, 0.2) is 5.13 Å². The number of ether oxygens (including phenoxy) is 1. The minimum Gasteiger partial charge on any atom is -0.466 e. The third kappa shape index (κ3) is 6.33. The molecule has 3 aliphatic heterocycles. The fourth-order valence-corrected chi connectivity index (χ4v) is 8.75. The van der Waals surface area contributed by atoms with Gasteiger partial charge in [0.05, 0.1) is 33.0 Å². The topological polar surface area (TPSA) is 128 Å². The molecular weight excluding hydrogens is 647 g/mol. The molecule has 15 heteroatoms. The molecule has 2 amide bonds. The number of hydrogen-bond donors (Lipinski definition) is 2. The van der Waals surface area contributed by atoms with Gasteiger partial charge in [-0.1, -0.05) is 34.5 Å². The summed E-state index contributed by atoms with van der Waals surface area (Å²) in [6.45, 7) is 5.36. The van der Waals surface area contributed by atoms with Crippen molar-refractivity contribution in [2.75, 3.05) is 54.4 Å². The lowest BCUT2D eigenvalue weighted by atomic mass is 9.93. The number of rotatable bonds is 7. The number of likely N-dealkylation sites (tertiary alicyclic amines) is 1. The summed E-state index contributed by atoms with van der Waals surface area (Å²) >= 11 is 15.7. The van der Waals surface area contributed by atoms with E-state index in [4.69, 9.17) is 32.9 Å². The fraction of sp³-hybridized carbons (Fsp3) is 0.483. The van der Waals surface area contributed by atoms with Gasteiger partial charge in [-0.3, -0.25) is 14.9 Å². The molecule has 11 nitrogen and oxygen atoms in total. The Bertz CT molecular complexity index is 1560. The molecule has 44 heavy (non-hydrogen) atoms. The number of esters is 1. The van der Waals surface area contributed by atoms with Crippen LogP contribution in [-0.4, -0.2) is 83.3 Å². The van der Waals surface area contributed by atoms with Crippen molar-refractivity contribution < 1.29 is 24.2 Å². The van der Waals surface area contributed by atoms with E-state index in [9.17, 15) is 19.5 Å². The van der Waals surface area contributed by atoms with Crippen molar-refractivity contribution in [3.8, 4) is 10.6 Å². The number of thiophene rings is 1. The lowest BCUT2D eigenvalue weighted by molar-refractivity contribution is -0.148. The predicted molar refractivity (Wildman–Crippen MR) is 173 cm³/mol. The molecule has 6 heterocycles. The zero-order chi connectivity index (χ0) is 31.0. The Morgan fingerprint density at radius 3 is 2.55 bits per heavy atom. The first-order valence-corrected chi connectivity index (χ1v) is 17.0. The fourth-order valence-electron chi connectivity index (χ4n) is 6.33. The Balaban J connectivity index is 1.16. The maximum atomic E-state index is 13.3. The number of thiazole rings is 1. The molecule has 234 valence electrons. The van der Waals surface area contributed by atoms with Gasteiger partial charge < -0.3 is 24.5 Å². The summed E-state index contributed by atoms with van der Waals surface area (Å²) in [5.41, 5.74) is 1.05. The van der Waals surface area contributed by atoms with Gasteiger partial charge in [0, 0.05) is 50.3 Å². The number of aromatic nitrogens is 2. The van der Waals surface area contributed by atoms with Crippen molar-refractivity contribution in [2.45, 2.75) is 38.6 Å². The first-order valence-electron chi connectivity index (χ1n) is 14.6. The third-order valence-corrected chi connectivity index (χ3v) is 11.1. The van der Waals surface area contributed by atoms with E-state index in [0.717, 1.165) is 28.4 Å². The Kier molecular flexibility index (Phi) is 9.18. The smallest absolute Gasteiger partial charge is 0.407 e. The Morgan fingerprint density at radius 1 is 1.09 bits per heavy atom. The molecule has 6 rings (SSSR count). The third-order valence-electron chi connectivity index (χ3n) is 8.50. The average molecular weight is 680 g/mol. The van der Waals surface area contributed by atoms with Crippen molar-refractivity contribution in [1.29, 1.82) is 0 Å². The van der Waals surface area contributed by atoms with E-state index in [0.29, 0.717) is 78.7 Å². The van der Waals surface area contributed by atoms with Gasteiger partial charge in [0.1, 0.15) is 16.5 Å². The van der Waals surface area contributed by atoms with Crippen LogP contribution < -0.4 is 15.1 Å². The van der Waals surface area contributed by atoms with E-state index >= 15 is 0 Å². The number of amides is 2. The van der Waals surface area contributed by atoms with Gasteiger partial charge in [0.2, 0.25) is 0 Å². The summed E-state index contributed by atoms with van der Waals surface area (Å²) in [4.78, 5) is 53.1. The molecule has 2 unspecified atom stereocenters. The van der Waals surface area contributed by atoms with Crippen LogP contribution >= 0.6 is 45.9 Å². The molecule has 3 aromatic rings. The standard InChI is InChI=1S/C29H32Cl2N6O5S2/c1-2-42-27(39)16-3-7-35(8-4-16)24-20(31)11-18(13-32-24)25(38)34-28-33-23(22-12-19(30)15-43-22)26(44-28)36-9-6-21-17(14-36)5-10-37(21)29(40)41/h11-13,15-17,21H,2-10,14H2,1H3,(H,40,41)(H,33,34,38). The highest BCUT2D eigenvalue weighted by Gasteiger charge is 2.41. The Hall–Kier alpha value is -3.13. The molecule has 0 radical (unpaired) electrons. The van der Waals surface area contributed by atoms with E-state index in [-0.39, 0.29) is 29.8 Å². The molecular formula is C29H32Cl2N6O5S2. The van der Waals surface area contributed by atoms with E-state index < -0.39 is 6.09 Å². The van der Waals surface area contributed by atoms with Gasteiger partial charge in [-0.2, -0.15) is 0 Å². The minimum absolute atomic E-state index is 0.0274. The summed E-state index contributed by atoms with van der Waals surface area (Å²) in [6, 6.07) is 3.49. The second-order valence-corrected chi connectivity index (χ2v) is 13.9. The second kappa shape index (κ2) is 13.1. The first kappa shape index (κ1) is 30.9. The average Bonchev–Trinajstić information content (AvgIpc) is 3.75. The maximum Gasteiger partial charge on any atom is 0.407 e. The van der Waals surface area contributed by atoms with Crippen molar-refractivity contribution in [3.63, 3.8) is 0 Å². The molecule has 3 fully saturated rings. The molecule has 2 atom stereocenters. The number of anilines is 3. The SMILES string of the molecule is CCOC(=O)C1CCN(c2ncc(C(=O)Nc3nc(-c4cc(Cl)cs4)c(N4CCC5C(CCN5C(=O)O)C4)s3)cc2Cl)CC1. The number of fused-ring (bicyclic) bond motifs is 1. The van der Waals surface area contributed by atoms with Gasteiger partial charge >= 0.3 is 12.1 Å². The maximum absolute atomic E-state index is 13.3. The van der Waals surface area contributed by atoms with E-state index in [1.807, 2.05) is 16.3 Å². The number of carbonyl (C=O) groups is 3. The minimum atomic E-state index is -0.858. The number of carboxylic acid groups (broad SMARTS) is 1. The zero-order valence-corrected chi connectivity index (χ0v) is 27.1. The van der Waals surface area contributed by atoms with E-state index in [2.05, 4.69) is 15.2 Å². The molecule has 3 aliphatic rings. The quantitative estimate of drug-likeness (QED) is 0.281. The number of nitrogens with zero attached hydrogens (tertiary/aromatic N) is 5. The number of halogens is 2. The number of nitrogens with one attached hydrogen (secondary N) is 1. The van der Waals surface area contributed by atoms with Crippen molar-refractivity contribution >= 4 is 79.8 Å². The number of hydrogen-bond acceptors (Lipinski definition) is 10. The van der Waals surface area contributed by atoms with Crippen molar-refractivity contribution in [3.05, 3.63) is 39.3 Å². The first-order chi connectivity index (χ1) is 21.2. The summed E-state index contributed by atoms with van der Waals surface area (Å²) in [5.74, 6) is 0.145. The Labute approximate surface area is 272 Å². The van der Waals surface area contributed by atoms with Crippen LogP contribution in [0.2, 0.25) is 10.0 Å². The van der Waals surface area contributed by atoms with Crippen LogP contribution in [0.4, 0.5) is 20.7 Å². The summed E-state index contributed by atoms with van der Waals surface area (Å²) in [5, 5.41) is 16.7. The van der Waals surface area contributed by atoms with Crippen LogP contribution in [0.15, 0.2) is 23.7 Å². The second-order valence-electron chi connectivity index (χ2n) is 11.1. The van der Waals surface area contributed by atoms with E-state index in [1.54, 1.807) is 17.9 Å². The lowest BCUT2D eigenvalue weighted by Gasteiger charge is -2.37. The largest absolute Gasteiger partial charge is 0.466 e. The van der Waals surface area contributed by atoms with Crippen LogP contribution in [0.25, 0.3) is 10.6 Å². The van der Waals surface area contributed by atoms with Crippen LogP contribution in [0, 0.1) is 11.8 Å². The van der Waals surface area contributed by atoms with Crippen LogP contribution in [0.1, 0.15) is 43.0 Å². The zero-order valence-electron chi connectivity index (χ0n) is 24.0. The van der Waals surface area contributed by atoms with E-state index in [1.165, 1.54) is 28.9 Å². The van der Waals surface area contributed by atoms with Crippen LogP contribution in [-0.2, 0) is 9.53 Å². The molecule has 0 saturated carbocycles. The normalized spacial score (nSPS) is 20.5. The van der Waals surface area contributed by atoms with Crippen molar-refractivity contribution in [1.82, 2.24) is 14.9 Å². The number of piperidine rings is 2. The van der Waals surface area contributed by atoms with Gasteiger partial charge in [-0.05, 0) is 50.7 Å². The number of carbonyl (C=O) groups excluding carboxylic acids is 2.